The van der Waals surface area contributed by atoms with Gasteiger partial charge >= 0.3 is 0 Å². The van der Waals surface area contributed by atoms with Crippen molar-refractivity contribution in [2.75, 3.05) is 13.6 Å². The molecule has 94 valence electrons. The average Bonchev–Trinajstić information content (AvgIpc) is 2.90. The molecule has 3 nitrogen and oxygen atoms in total. The van der Waals surface area contributed by atoms with Gasteiger partial charge in [-0.1, -0.05) is 18.9 Å². The van der Waals surface area contributed by atoms with E-state index in [1.807, 2.05) is 17.5 Å². The van der Waals surface area contributed by atoms with Gasteiger partial charge < -0.3 is 10.0 Å². The Hall–Kier alpha value is -0.870. The average molecular weight is 253 g/mol. The van der Waals surface area contributed by atoms with Gasteiger partial charge in [0.15, 0.2) is 0 Å². The number of amides is 1. The van der Waals surface area contributed by atoms with Crippen LogP contribution in [0.5, 0.6) is 0 Å². The summed E-state index contributed by atoms with van der Waals surface area (Å²) in [5.74, 6) is 0.0905. The summed E-state index contributed by atoms with van der Waals surface area (Å²) in [5.41, 5.74) is -0.639. The normalized spacial score (nSPS) is 18.2. The van der Waals surface area contributed by atoms with Crippen LogP contribution in [0.3, 0.4) is 0 Å². The summed E-state index contributed by atoms with van der Waals surface area (Å²) in [7, 11) is 1.78. The van der Waals surface area contributed by atoms with E-state index in [1.165, 1.54) is 0 Å². The van der Waals surface area contributed by atoms with E-state index >= 15 is 0 Å². The Kier molecular flexibility index (Phi) is 3.84. The first kappa shape index (κ1) is 12.6. The summed E-state index contributed by atoms with van der Waals surface area (Å²) in [6.45, 7) is 0.469. The third kappa shape index (κ3) is 3.30. The van der Waals surface area contributed by atoms with Crippen molar-refractivity contribution in [3.05, 3.63) is 22.4 Å². The van der Waals surface area contributed by atoms with Crippen LogP contribution in [0.2, 0.25) is 0 Å². The summed E-state index contributed by atoms with van der Waals surface area (Å²) in [4.78, 5) is 14.7. The fourth-order valence-electron chi connectivity index (χ4n) is 2.42. The van der Waals surface area contributed by atoms with Gasteiger partial charge in [0.2, 0.25) is 5.91 Å². The van der Waals surface area contributed by atoms with Crippen LogP contribution in [0, 0.1) is 0 Å². The Labute approximate surface area is 106 Å². The number of aliphatic hydroxyl groups is 1. The van der Waals surface area contributed by atoms with E-state index in [4.69, 9.17) is 0 Å². The molecule has 1 aliphatic carbocycles. The first-order valence-corrected chi connectivity index (χ1v) is 6.96. The molecule has 0 unspecified atom stereocenters. The van der Waals surface area contributed by atoms with Crippen molar-refractivity contribution in [3.8, 4) is 0 Å². The number of hydrogen-bond donors (Lipinski definition) is 1. The van der Waals surface area contributed by atoms with Crippen LogP contribution in [0.15, 0.2) is 17.5 Å². The van der Waals surface area contributed by atoms with E-state index in [-0.39, 0.29) is 5.91 Å². The summed E-state index contributed by atoms with van der Waals surface area (Å²) in [5, 5.41) is 12.2. The maximum absolute atomic E-state index is 12.0. The SMILES string of the molecule is CN(CC1(O)CCCC1)C(=O)Cc1cccs1. The second-order valence-electron chi connectivity index (χ2n) is 4.94. The lowest BCUT2D eigenvalue weighted by Crippen LogP contribution is -2.42. The Morgan fingerprint density at radius 1 is 1.53 bits per heavy atom. The van der Waals surface area contributed by atoms with Gasteiger partial charge in [0.1, 0.15) is 0 Å². The van der Waals surface area contributed by atoms with Gasteiger partial charge in [0.25, 0.3) is 0 Å². The molecule has 1 N–H and O–H groups in total. The number of likely N-dealkylation sites (N-methyl/N-ethyl adjacent to an activating group) is 1. The Bertz CT molecular complexity index is 369. The van der Waals surface area contributed by atoms with Crippen molar-refractivity contribution in [3.63, 3.8) is 0 Å². The molecule has 1 aliphatic rings. The Morgan fingerprint density at radius 2 is 2.24 bits per heavy atom. The van der Waals surface area contributed by atoms with Crippen LogP contribution >= 0.6 is 11.3 Å². The Balaban J connectivity index is 1.87. The molecule has 0 radical (unpaired) electrons. The molecule has 0 saturated heterocycles. The largest absolute Gasteiger partial charge is 0.388 e. The molecular weight excluding hydrogens is 234 g/mol. The maximum atomic E-state index is 12.0. The second-order valence-corrected chi connectivity index (χ2v) is 5.97. The second kappa shape index (κ2) is 5.19. The topological polar surface area (TPSA) is 40.5 Å². The lowest BCUT2D eigenvalue weighted by atomic mass is 10.0. The predicted molar refractivity (Wildman–Crippen MR) is 69.1 cm³/mol. The van der Waals surface area contributed by atoms with Crippen molar-refractivity contribution >= 4 is 17.2 Å². The molecule has 4 heteroatoms. The van der Waals surface area contributed by atoms with Crippen LogP contribution in [0.1, 0.15) is 30.6 Å². The fraction of sp³-hybridized carbons (Fsp3) is 0.615. The fourth-order valence-corrected chi connectivity index (χ4v) is 3.11. The minimum Gasteiger partial charge on any atom is -0.388 e. The van der Waals surface area contributed by atoms with E-state index < -0.39 is 5.60 Å². The highest BCUT2D eigenvalue weighted by Gasteiger charge is 2.33. The Morgan fingerprint density at radius 3 is 2.82 bits per heavy atom. The third-order valence-electron chi connectivity index (χ3n) is 3.40. The molecule has 1 aromatic rings. The van der Waals surface area contributed by atoms with Crippen LogP contribution < -0.4 is 0 Å². The van der Waals surface area contributed by atoms with Crippen LogP contribution in [-0.4, -0.2) is 35.1 Å². The first-order chi connectivity index (χ1) is 8.09. The number of thiophene rings is 1. The molecular formula is C13H19NO2S. The molecule has 1 aromatic heterocycles. The number of nitrogens with zero attached hydrogens (tertiary/aromatic N) is 1. The van der Waals surface area contributed by atoms with E-state index in [0.29, 0.717) is 13.0 Å². The number of rotatable bonds is 4. The highest BCUT2D eigenvalue weighted by Crippen LogP contribution is 2.30. The van der Waals surface area contributed by atoms with Crippen LogP contribution in [0.4, 0.5) is 0 Å². The molecule has 0 spiro atoms. The lowest BCUT2D eigenvalue weighted by Gasteiger charge is -2.28. The first-order valence-electron chi connectivity index (χ1n) is 6.08. The molecule has 1 amide bonds. The van der Waals surface area contributed by atoms with E-state index in [0.717, 1.165) is 30.6 Å². The molecule has 17 heavy (non-hydrogen) atoms. The van der Waals surface area contributed by atoms with Gasteiger partial charge in [0.05, 0.1) is 12.0 Å². The monoisotopic (exact) mass is 253 g/mol. The summed E-state index contributed by atoms with van der Waals surface area (Å²) in [6, 6.07) is 3.93. The van der Waals surface area contributed by atoms with E-state index in [1.54, 1.807) is 23.3 Å². The number of carbonyl (C=O) groups excluding carboxylic acids is 1. The van der Waals surface area contributed by atoms with Crippen LogP contribution in [0.25, 0.3) is 0 Å². The zero-order valence-electron chi connectivity index (χ0n) is 10.2. The van der Waals surface area contributed by atoms with Crippen molar-refractivity contribution in [2.24, 2.45) is 0 Å². The highest BCUT2D eigenvalue weighted by molar-refractivity contribution is 7.10. The summed E-state index contributed by atoms with van der Waals surface area (Å²) >= 11 is 1.60. The molecule has 1 saturated carbocycles. The van der Waals surface area contributed by atoms with Crippen molar-refractivity contribution in [2.45, 2.75) is 37.7 Å². The van der Waals surface area contributed by atoms with Crippen LogP contribution in [-0.2, 0) is 11.2 Å². The summed E-state index contributed by atoms with van der Waals surface area (Å²) in [6.07, 6.45) is 4.24. The van der Waals surface area contributed by atoms with Gasteiger partial charge in [-0.2, -0.15) is 0 Å². The number of carbonyl (C=O) groups is 1. The number of hydrogen-bond acceptors (Lipinski definition) is 3. The highest BCUT2D eigenvalue weighted by atomic mass is 32.1. The maximum Gasteiger partial charge on any atom is 0.227 e. The van der Waals surface area contributed by atoms with E-state index in [2.05, 4.69) is 0 Å². The van der Waals surface area contributed by atoms with Crippen molar-refractivity contribution < 1.29 is 9.90 Å². The zero-order valence-corrected chi connectivity index (χ0v) is 11.0. The van der Waals surface area contributed by atoms with Gasteiger partial charge in [-0.25, -0.2) is 0 Å². The van der Waals surface area contributed by atoms with Crippen molar-refractivity contribution in [1.29, 1.82) is 0 Å². The minimum absolute atomic E-state index is 0.0905. The van der Waals surface area contributed by atoms with Gasteiger partial charge in [-0.3, -0.25) is 4.79 Å². The molecule has 0 aliphatic heterocycles. The van der Waals surface area contributed by atoms with Gasteiger partial charge in [0, 0.05) is 18.5 Å². The predicted octanol–water partition coefficient (Wildman–Crippen LogP) is 2.05. The van der Waals surface area contributed by atoms with E-state index in [9.17, 15) is 9.90 Å². The quantitative estimate of drug-likeness (QED) is 0.892. The summed E-state index contributed by atoms with van der Waals surface area (Å²) < 4.78 is 0. The molecule has 2 rings (SSSR count). The molecule has 0 bridgehead atoms. The zero-order chi connectivity index (χ0) is 12.3. The van der Waals surface area contributed by atoms with Crippen molar-refractivity contribution in [1.82, 2.24) is 4.90 Å². The molecule has 1 heterocycles. The van der Waals surface area contributed by atoms with Gasteiger partial charge in [-0.15, -0.1) is 11.3 Å². The molecule has 0 aromatic carbocycles. The molecule has 1 fully saturated rings. The lowest BCUT2D eigenvalue weighted by molar-refractivity contribution is -0.132. The molecule has 0 atom stereocenters. The smallest absolute Gasteiger partial charge is 0.227 e. The van der Waals surface area contributed by atoms with Gasteiger partial charge in [-0.05, 0) is 24.3 Å². The standard InChI is InChI=1S/C13H19NO2S/c1-14(10-13(16)6-2-3-7-13)12(15)9-11-5-4-8-17-11/h4-5,8,16H,2-3,6-7,9-10H2,1H3. The third-order valence-corrected chi connectivity index (χ3v) is 4.27. The minimum atomic E-state index is -0.639.